The van der Waals surface area contributed by atoms with Crippen LogP contribution in [-0.4, -0.2) is 18.0 Å². The molecule has 0 fully saturated rings. The summed E-state index contributed by atoms with van der Waals surface area (Å²) in [5.74, 6) is 0.00516. The second-order valence-electron chi connectivity index (χ2n) is 5.87. The van der Waals surface area contributed by atoms with Crippen LogP contribution in [0.3, 0.4) is 0 Å². The summed E-state index contributed by atoms with van der Waals surface area (Å²) in [6.45, 7) is 0.0363. The van der Waals surface area contributed by atoms with E-state index in [1.807, 2.05) is 0 Å². The van der Waals surface area contributed by atoms with E-state index in [1.165, 1.54) is 36.1 Å². The van der Waals surface area contributed by atoms with E-state index in [4.69, 9.17) is 8.83 Å². The maximum Gasteiger partial charge on any atom is 0.419 e. The lowest BCUT2D eigenvalue weighted by Gasteiger charge is -2.09. The van der Waals surface area contributed by atoms with Gasteiger partial charge in [0.05, 0.1) is 16.7 Å². The van der Waals surface area contributed by atoms with Crippen LogP contribution >= 0.6 is 0 Å². The molecule has 0 radical (unpaired) electrons. The summed E-state index contributed by atoms with van der Waals surface area (Å²) in [5, 5.41) is 0. The summed E-state index contributed by atoms with van der Waals surface area (Å²) in [6, 6.07) is 11.3. The molecule has 0 aliphatic heterocycles. The number of oxazole rings is 1. The summed E-state index contributed by atoms with van der Waals surface area (Å²) in [6.07, 6.45) is 3.14. The molecular formula is C18H15N3O5S. The molecule has 4 aromatic rings. The van der Waals surface area contributed by atoms with Crippen LogP contribution in [0.5, 0.6) is 0 Å². The van der Waals surface area contributed by atoms with Gasteiger partial charge in [0.2, 0.25) is 10.0 Å². The van der Waals surface area contributed by atoms with Crippen molar-refractivity contribution in [1.82, 2.24) is 14.3 Å². The minimum atomic E-state index is -3.81. The standard InChI is InChI=1S/C18H15N3O5S/c1-21-14-10-13(6-7-15(14)26-18(21)22)27(23,24)20-11-12-4-2-8-19-17(12)16-5-3-9-25-16/h2-10,20H,11H2,1H3. The second kappa shape index (κ2) is 6.53. The normalized spacial score (nSPS) is 11.9. The van der Waals surface area contributed by atoms with Crippen LogP contribution in [0.25, 0.3) is 22.6 Å². The van der Waals surface area contributed by atoms with Gasteiger partial charge in [-0.25, -0.2) is 17.9 Å². The molecule has 0 atom stereocenters. The first-order valence-corrected chi connectivity index (χ1v) is 9.51. The van der Waals surface area contributed by atoms with Crippen LogP contribution in [0.2, 0.25) is 0 Å². The lowest BCUT2D eigenvalue weighted by molar-refractivity contribution is 0.528. The van der Waals surface area contributed by atoms with Crippen molar-refractivity contribution in [2.45, 2.75) is 11.4 Å². The number of hydrogen-bond donors (Lipinski definition) is 1. The van der Waals surface area contributed by atoms with E-state index in [9.17, 15) is 13.2 Å². The molecule has 0 amide bonds. The second-order valence-corrected chi connectivity index (χ2v) is 7.64. The van der Waals surface area contributed by atoms with Crippen LogP contribution in [0.15, 0.2) is 73.4 Å². The maximum absolute atomic E-state index is 12.7. The molecular weight excluding hydrogens is 370 g/mol. The smallest absolute Gasteiger partial charge is 0.419 e. The Morgan fingerprint density at radius 3 is 2.81 bits per heavy atom. The third kappa shape index (κ3) is 3.18. The molecule has 8 nitrogen and oxygen atoms in total. The Bertz CT molecular complexity index is 1270. The Morgan fingerprint density at radius 1 is 1.19 bits per heavy atom. The summed E-state index contributed by atoms with van der Waals surface area (Å²) in [5.41, 5.74) is 1.97. The summed E-state index contributed by atoms with van der Waals surface area (Å²) in [4.78, 5) is 15.9. The largest absolute Gasteiger partial charge is 0.463 e. The molecule has 0 spiro atoms. The Hall–Kier alpha value is -3.17. The molecule has 3 aromatic heterocycles. The molecule has 0 unspecified atom stereocenters. The first-order valence-electron chi connectivity index (χ1n) is 8.03. The first kappa shape index (κ1) is 17.3. The van der Waals surface area contributed by atoms with Gasteiger partial charge in [-0.3, -0.25) is 9.55 Å². The third-order valence-electron chi connectivity index (χ3n) is 4.17. The third-order valence-corrected chi connectivity index (χ3v) is 5.57. The number of aromatic nitrogens is 2. The van der Waals surface area contributed by atoms with Crippen molar-refractivity contribution in [3.63, 3.8) is 0 Å². The Balaban J connectivity index is 1.64. The number of benzene rings is 1. The van der Waals surface area contributed by atoms with Crippen LogP contribution in [-0.2, 0) is 23.6 Å². The minimum absolute atomic E-state index is 0.0363. The summed E-state index contributed by atoms with van der Waals surface area (Å²) >= 11 is 0. The van der Waals surface area contributed by atoms with Crippen LogP contribution < -0.4 is 10.5 Å². The molecule has 4 rings (SSSR count). The minimum Gasteiger partial charge on any atom is -0.463 e. The fraction of sp³-hybridized carbons (Fsp3) is 0.111. The van der Waals surface area contributed by atoms with Crippen LogP contribution in [0.4, 0.5) is 0 Å². The zero-order valence-corrected chi connectivity index (χ0v) is 15.1. The fourth-order valence-electron chi connectivity index (χ4n) is 2.75. The van der Waals surface area contributed by atoms with Crippen molar-refractivity contribution >= 4 is 21.1 Å². The van der Waals surface area contributed by atoms with E-state index in [1.54, 1.807) is 30.5 Å². The van der Waals surface area contributed by atoms with E-state index in [-0.39, 0.29) is 11.4 Å². The average molecular weight is 385 g/mol. The summed E-state index contributed by atoms with van der Waals surface area (Å²) in [7, 11) is -2.29. The zero-order chi connectivity index (χ0) is 19.0. The molecule has 138 valence electrons. The van der Waals surface area contributed by atoms with Crippen molar-refractivity contribution in [2.75, 3.05) is 0 Å². The van der Waals surface area contributed by atoms with Gasteiger partial charge in [-0.1, -0.05) is 6.07 Å². The van der Waals surface area contributed by atoms with Crippen molar-refractivity contribution in [1.29, 1.82) is 0 Å². The lowest BCUT2D eigenvalue weighted by atomic mass is 10.1. The molecule has 1 aromatic carbocycles. The highest BCUT2D eigenvalue weighted by atomic mass is 32.2. The number of nitrogens with one attached hydrogen (secondary N) is 1. The molecule has 0 saturated carbocycles. The van der Waals surface area contributed by atoms with Crippen LogP contribution in [0, 0.1) is 0 Å². The number of pyridine rings is 1. The van der Waals surface area contributed by atoms with Gasteiger partial charge >= 0.3 is 5.76 Å². The van der Waals surface area contributed by atoms with Gasteiger partial charge in [0.1, 0.15) is 5.69 Å². The molecule has 9 heteroatoms. The van der Waals surface area contributed by atoms with Gasteiger partial charge in [0.15, 0.2) is 11.3 Å². The van der Waals surface area contributed by atoms with Gasteiger partial charge in [0.25, 0.3) is 0 Å². The number of furan rings is 1. The SMILES string of the molecule is Cn1c(=O)oc2ccc(S(=O)(=O)NCc3cccnc3-c3ccco3)cc21. The quantitative estimate of drug-likeness (QED) is 0.565. The molecule has 0 bridgehead atoms. The highest BCUT2D eigenvalue weighted by molar-refractivity contribution is 7.89. The van der Waals surface area contributed by atoms with Gasteiger partial charge in [0, 0.05) is 19.8 Å². The highest BCUT2D eigenvalue weighted by Gasteiger charge is 2.18. The first-order chi connectivity index (χ1) is 13.0. The van der Waals surface area contributed by atoms with E-state index in [0.717, 1.165) is 0 Å². The molecule has 0 saturated heterocycles. The van der Waals surface area contributed by atoms with Gasteiger partial charge < -0.3 is 8.83 Å². The average Bonchev–Trinajstić information content (AvgIpc) is 3.29. The van der Waals surface area contributed by atoms with Gasteiger partial charge in [-0.2, -0.15) is 0 Å². The number of aryl methyl sites for hydroxylation is 1. The zero-order valence-electron chi connectivity index (χ0n) is 14.2. The molecule has 1 N–H and O–H groups in total. The maximum atomic E-state index is 12.7. The highest BCUT2D eigenvalue weighted by Crippen LogP contribution is 2.22. The topological polar surface area (TPSA) is 107 Å². The van der Waals surface area contributed by atoms with E-state index >= 15 is 0 Å². The van der Waals surface area contributed by atoms with Gasteiger partial charge in [-0.05, 0) is 42.0 Å². The fourth-order valence-corrected chi connectivity index (χ4v) is 3.77. The number of rotatable bonds is 5. The molecule has 3 heterocycles. The number of hydrogen-bond acceptors (Lipinski definition) is 6. The Labute approximate surface area is 154 Å². The van der Waals surface area contributed by atoms with E-state index in [0.29, 0.717) is 28.1 Å². The van der Waals surface area contributed by atoms with E-state index < -0.39 is 15.8 Å². The predicted octanol–water partition coefficient (Wildman–Crippen LogP) is 2.26. The number of sulfonamides is 1. The Kier molecular flexibility index (Phi) is 4.17. The van der Waals surface area contributed by atoms with E-state index in [2.05, 4.69) is 9.71 Å². The predicted molar refractivity (Wildman–Crippen MR) is 97.4 cm³/mol. The van der Waals surface area contributed by atoms with Crippen molar-refractivity contribution in [3.8, 4) is 11.5 Å². The lowest BCUT2D eigenvalue weighted by Crippen LogP contribution is -2.23. The monoisotopic (exact) mass is 385 g/mol. The molecule has 27 heavy (non-hydrogen) atoms. The molecule has 0 aliphatic rings. The van der Waals surface area contributed by atoms with Crippen molar-refractivity contribution in [2.24, 2.45) is 7.05 Å². The molecule has 0 aliphatic carbocycles. The van der Waals surface area contributed by atoms with Crippen molar-refractivity contribution < 1.29 is 17.3 Å². The Morgan fingerprint density at radius 2 is 2.04 bits per heavy atom. The van der Waals surface area contributed by atoms with Crippen molar-refractivity contribution in [3.05, 3.63) is 71.0 Å². The number of fused-ring (bicyclic) bond motifs is 1. The van der Waals surface area contributed by atoms with Gasteiger partial charge in [-0.15, -0.1) is 0 Å². The van der Waals surface area contributed by atoms with Crippen LogP contribution in [0.1, 0.15) is 5.56 Å². The summed E-state index contributed by atoms with van der Waals surface area (Å²) < 4.78 is 39.6. The number of nitrogens with zero attached hydrogens (tertiary/aromatic N) is 2.